The maximum absolute atomic E-state index is 14.1. The van der Waals surface area contributed by atoms with E-state index in [9.17, 15) is 9.59 Å². The molecule has 0 radical (unpaired) electrons. The molecule has 5 rings (SSSR count). The number of carbonyl (C=O) groups excluding carboxylic acids is 1. The molecule has 1 aliphatic heterocycles. The zero-order valence-electron chi connectivity index (χ0n) is 25.9. The van der Waals surface area contributed by atoms with Gasteiger partial charge in [-0.1, -0.05) is 53.3 Å². The number of ether oxygens (including phenoxy) is 3. The van der Waals surface area contributed by atoms with Gasteiger partial charge in [0.1, 0.15) is 29.9 Å². The molecule has 0 unspecified atom stereocenters. The van der Waals surface area contributed by atoms with E-state index in [1.807, 2.05) is 57.2 Å². The lowest BCUT2D eigenvalue weighted by Gasteiger charge is -2.30. The minimum Gasteiger partial charge on any atom is -0.497 e. The number of likely N-dealkylation sites (N-methyl/N-ethyl adjacent to an activating group) is 1. The third-order valence-corrected chi connectivity index (χ3v) is 8.72. The number of hydrogen-bond acceptors (Lipinski definition) is 7. The molecular weight excluding hydrogens is 574 g/mol. The van der Waals surface area contributed by atoms with Crippen molar-refractivity contribution in [2.75, 3.05) is 27.3 Å². The Morgan fingerprint density at radius 1 is 0.955 bits per heavy atom. The van der Waals surface area contributed by atoms with Gasteiger partial charge in [0, 0.05) is 18.7 Å². The van der Waals surface area contributed by atoms with Crippen molar-refractivity contribution in [3.8, 4) is 17.2 Å². The summed E-state index contributed by atoms with van der Waals surface area (Å²) in [6, 6.07) is 20.5. The molecule has 44 heavy (non-hydrogen) atoms. The van der Waals surface area contributed by atoms with Gasteiger partial charge in [0.05, 0.1) is 30.0 Å². The van der Waals surface area contributed by atoms with Crippen LogP contribution in [0.1, 0.15) is 49.1 Å². The first-order valence-electron chi connectivity index (χ1n) is 14.6. The second-order valence-corrected chi connectivity index (χ2v) is 11.5. The Kier molecular flexibility index (Phi) is 9.35. The summed E-state index contributed by atoms with van der Waals surface area (Å²) in [5.41, 5.74) is 4.58. The fourth-order valence-electron chi connectivity index (χ4n) is 5.29. The largest absolute Gasteiger partial charge is 0.497 e. The van der Waals surface area contributed by atoms with Gasteiger partial charge in [-0.2, -0.15) is 0 Å². The van der Waals surface area contributed by atoms with Gasteiger partial charge in [-0.25, -0.2) is 4.99 Å². The number of methoxy groups -OCH3 is 2. The maximum atomic E-state index is 14.1. The molecule has 1 atom stereocenters. The molecule has 3 aromatic carbocycles. The highest BCUT2D eigenvalue weighted by Crippen LogP contribution is 2.38. The van der Waals surface area contributed by atoms with Crippen molar-refractivity contribution in [2.24, 2.45) is 4.99 Å². The number of benzene rings is 3. The third-order valence-electron chi connectivity index (χ3n) is 7.74. The zero-order valence-corrected chi connectivity index (χ0v) is 26.7. The van der Waals surface area contributed by atoms with E-state index in [1.54, 1.807) is 35.8 Å². The molecule has 4 aromatic rings. The van der Waals surface area contributed by atoms with E-state index in [0.717, 1.165) is 16.9 Å². The van der Waals surface area contributed by atoms with E-state index in [2.05, 4.69) is 31.2 Å². The Labute approximate surface area is 261 Å². The van der Waals surface area contributed by atoms with Crippen LogP contribution in [-0.2, 0) is 11.4 Å². The van der Waals surface area contributed by atoms with Crippen LogP contribution in [0.15, 0.2) is 87.8 Å². The lowest BCUT2D eigenvalue weighted by Crippen LogP contribution is -2.43. The Morgan fingerprint density at radius 2 is 1.64 bits per heavy atom. The van der Waals surface area contributed by atoms with E-state index < -0.39 is 6.04 Å². The van der Waals surface area contributed by atoms with Crippen molar-refractivity contribution >= 4 is 23.3 Å². The van der Waals surface area contributed by atoms with Crippen molar-refractivity contribution in [3.05, 3.63) is 120 Å². The molecule has 0 N–H and O–H groups in total. The second kappa shape index (κ2) is 13.3. The Balaban J connectivity index is 1.56. The Bertz CT molecular complexity index is 1870. The summed E-state index contributed by atoms with van der Waals surface area (Å²) in [6.07, 6.45) is 1.85. The average Bonchev–Trinajstić information content (AvgIpc) is 3.34. The Morgan fingerprint density at radius 3 is 2.27 bits per heavy atom. The maximum Gasteiger partial charge on any atom is 0.271 e. The van der Waals surface area contributed by atoms with Gasteiger partial charge in [-0.05, 0) is 75.2 Å². The van der Waals surface area contributed by atoms with Crippen molar-refractivity contribution in [1.82, 2.24) is 9.47 Å². The Hall–Kier alpha value is -4.63. The summed E-state index contributed by atoms with van der Waals surface area (Å²) >= 11 is 1.29. The second-order valence-electron chi connectivity index (χ2n) is 10.5. The van der Waals surface area contributed by atoms with Crippen LogP contribution in [0.25, 0.3) is 6.08 Å². The molecule has 1 aliphatic rings. The summed E-state index contributed by atoms with van der Waals surface area (Å²) in [5, 5.41) is 0. The predicted octanol–water partition coefficient (Wildman–Crippen LogP) is 5.01. The van der Waals surface area contributed by atoms with Gasteiger partial charge < -0.3 is 19.1 Å². The van der Waals surface area contributed by atoms with E-state index in [0.29, 0.717) is 57.4 Å². The highest BCUT2D eigenvalue weighted by molar-refractivity contribution is 7.07. The van der Waals surface area contributed by atoms with Gasteiger partial charge in [-0.3, -0.25) is 14.2 Å². The number of amides is 1. The van der Waals surface area contributed by atoms with Gasteiger partial charge in [0.15, 0.2) is 4.80 Å². The molecule has 9 heteroatoms. The molecule has 1 amide bonds. The highest BCUT2D eigenvalue weighted by atomic mass is 32.1. The van der Waals surface area contributed by atoms with Gasteiger partial charge in [-0.15, -0.1) is 0 Å². The van der Waals surface area contributed by atoms with Gasteiger partial charge in [0.2, 0.25) is 0 Å². The summed E-state index contributed by atoms with van der Waals surface area (Å²) in [5.74, 6) is 1.72. The van der Waals surface area contributed by atoms with Crippen LogP contribution in [0.2, 0.25) is 0 Å². The van der Waals surface area contributed by atoms with Crippen LogP contribution in [0, 0.1) is 6.92 Å². The summed E-state index contributed by atoms with van der Waals surface area (Å²) in [7, 11) is 3.16. The van der Waals surface area contributed by atoms with E-state index in [1.165, 1.54) is 16.9 Å². The molecule has 8 nitrogen and oxygen atoms in total. The highest BCUT2D eigenvalue weighted by Gasteiger charge is 2.36. The topological polar surface area (TPSA) is 82.4 Å². The molecule has 0 bridgehead atoms. The number of aromatic nitrogens is 1. The van der Waals surface area contributed by atoms with Crippen molar-refractivity contribution in [3.63, 3.8) is 0 Å². The van der Waals surface area contributed by atoms with E-state index in [-0.39, 0.29) is 11.5 Å². The first-order chi connectivity index (χ1) is 21.3. The number of hydrogen-bond donors (Lipinski definition) is 0. The first kappa shape index (κ1) is 30.8. The lowest BCUT2D eigenvalue weighted by molar-refractivity contribution is -0.127. The average molecular weight is 612 g/mol. The van der Waals surface area contributed by atoms with Crippen LogP contribution >= 0.6 is 11.3 Å². The van der Waals surface area contributed by atoms with Gasteiger partial charge >= 0.3 is 0 Å². The lowest BCUT2D eigenvalue weighted by atomic mass is 9.93. The molecule has 0 fully saturated rings. The minimum absolute atomic E-state index is 0.165. The zero-order chi connectivity index (χ0) is 31.4. The standard InChI is InChI=1S/C35H37N3O5S/c1-7-37(8-2)34(40)31-23(4)36-35-38(32(31)28-20-27(41-5)17-18-29(28)42-6)33(39)30(44-35)19-24-13-15-26(16-14-24)43-21-25-11-9-22(3)10-12-25/h9-20,32H,7-8,21H2,1-6H3/b30-19+/t32-/m0/s1. The smallest absolute Gasteiger partial charge is 0.271 e. The fraction of sp³-hybridized carbons (Fsp3) is 0.286. The van der Waals surface area contributed by atoms with Gasteiger partial charge in [0.25, 0.3) is 11.5 Å². The van der Waals surface area contributed by atoms with E-state index in [4.69, 9.17) is 19.2 Å². The first-order valence-corrected chi connectivity index (χ1v) is 15.4. The molecule has 0 saturated carbocycles. The molecule has 0 spiro atoms. The molecule has 0 aliphatic carbocycles. The normalized spacial score (nSPS) is 14.6. The number of fused-ring (bicyclic) bond motifs is 1. The number of nitrogens with zero attached hydrogens (tertiary/aromatic N) is 3. The number of aryl methyl sites for hydroxylation is 1. The summed E-state index contributed by atoms with van der Waals surface area (Å²) < 4.78 is 19.3. The quantitative estimate of drug-likeness (QED) is 0.252. The van der Waals surface area contributed by atoms with Crippen molar-refractivity contribution < 1.29 is 19.0 Å². The number of rotatable bonds is 10. The van der Waals surface area contributed by atoms with Crippen molar-refractivity contribution in [2.45, 2.75) is 40.3 Å². The van der Waals surface area contributed by atoms with Crippen LogP contribution in [0.5, 0.6) is 17.2 Å². The SMILES string of the molecule is CCN(CC)C(=O)C1=C(C)N=c2s/c(=C/c3ccc(OCc4ccc(C)cc4)cc3)c(=O)n2[C@H]1c1cc(OC)ccc1OC. The van der Waals surface area contributed by atoms with Crippen LogP contribution in [0.4, 0.5) is 0 Å². The van der Waals surface area contributed by atoms with Crippen LogP contribution < -0.4 is 29.1 Å². The molecule has 1 aromatic heterocycles. The van der Waals surface area contributed by atoms with Crippen LogP contribution in [-0.4, -0.2) is 42.7 Å². The fourth-order valence-corrected chi connectivity index (χ4v) is 6.33. The molecule has 0 saturated heterocycles. The molecular formula is C35H37N3O5S. The number of thiazole rings is 1. The van der Waals surface area contributed by atoms with Crippen molar-refractivity contribution in [1.29, 1.82) is 0 Å². The van der Waals surface area contributed by atoms with E-state index >= 15 is 0 Å². The predicted molar refractivity (Wildman–Crippen MR) is 173 cm³/mol. The molecule has 228 valence electrons. The number of allylic oxidation sites excluding steroid dienone is 1. The number of carbonyl (C=O) groups is 1. The monoisotopic (exact) mass is 611 g/mol. The third kappa shape index (κ3) is 6.19. The summed E-state index contributed by atoms with van der Waals surface area (Å²) in [6.45, 7) is 9.29. The molecule has 2 heterocycles. The minimum atomic E-state index is -0.746. The summed E-state index contributed by atoms with van der Waals surface area (Å²) in [4.78, 5) is 35.1. The van der Waals surface area contributed by atoms with Crippen LogP contribution in [0.3, 0.4) is 0 Å².